The molecule has 1 aromatic rings. The van der Waals surface area contributed by atoms with Crippen LogP contribution in [0.15, 0.2) is 30.3 Å². The highest BCUT2D eigenvalue weighted by Gasteiger charge is 2.24. The lowest BCUT2D eigenvalue weighted by atomic mass is 9.98. The van der Waals surface area contributed by atoms with Crippen molar-refractivity contribution in [2.75, 3.05) is 6.54 Å². The van der Waals surface area contributed by atoms with Gasteiger partial charge in [0, 0.05) is 12.0 Å². The number of amides is 3. The lowest BCUT2D eigenvalue weighted by Crippen LogP contribution is -2.51. The molecule has 0 aliphatic carbocycles. The SMILES string of the molecule is C[C@H](CC#N)[C@H](NC(=O)CNC(=O)c1ccccc1)C(N)=O. The van der Waals surface area contributed by atoms with Crippen LogP contribution in [0.3, 0.4) is 0 Å². The van der Waals surface area contributed by atoms with Crippen LogP contribution in [0.2, 0.25) is 0 Å². The van der Waals surface area contributed by atoms with Crippen molar-refractivity contribution in [1.82, 2.24) is 10.6 Å². The molecule has 3 amide bonds. The largest absolute Gasteiger partial charge is 0.368 e. The lowest BCUT2D eigenvalue weighted by molar-refractivity contribution is -0.127. The molecule has 116 valence electrons. The average Bonchev–Trinajstić information content (AvgIpc) is 2.51. The van der Waals surface area contributed by atoms with E-state index in [4.69, 9.17) is 11.0 Å². The van der Waals surface area contributed by atoms with Gasteiger partial charge in [0.15, 0.2) is 0 Å². The molecular formula is C15H18N4O3. The van der Waals surface area contributed by atoms with Gasteiger partial charge in [-0.1, -0.05) is 25.1 Å². The molecule has 4 N–H and O–H groups in total. The summed E-state index contributed by atoms with van der Waals surface area (Å²) < 4.78 is 0. The molecule has 0 saturated heterocycles. The van der Waals surface area contributed by atoms with Crippen molar-refractivity contribution in [2.45, 2.75) is 19.4 Å². The van der Waals surface area contributed by atoms with E-state index < -0.39 is 29.7 Å². The maximum Gasteiger partial charge on any atom is 0.251 e. The molecule has 0 fully saturated rings. The summed E-state index contributed by atoms with van der Waals surface area (Å²) in [6, 6.07) is 9.41. The molecule has 0 bridgehead atoms. The van der Waals surface area contributed by atoms with E-state index in [2.05, 4.69) is 10.6 Å². The van der Waals surface area contributed by atoms with Gasteiger partial charge in [-0.05, 0) is 18.1 Å². The summed E-state index contributed by atoms with van der Waals surface area (Å²) in [5, 5.41) is 13.5. The smallest absolute Gasteiger partial charge is 0.251 e. The summed E-state index contributed by atoms with van der Waals surface area (Å²) in [6.07, 6.45) is 0.0876. The van der Waals surface area contributed by atoms with Gasteiger partial charge in [0.1, 0.15) is 6.04 Å². The summed E-state index contributed by atoms with van der Waals surface area (Å²) in [7, 11) is 0. The quantitative estimate of drug-likeness (QED) is 0.652. The maximum atomic E-state index is 11.8. The highest BCUT2D eigenvalue weighted by molar-refractivity contribution is 5.97. The minimum atomic E-state index is -0.944. The van der Waals surface area contributed by atoms with E-state index in [0.717, 1.165) is 0 Å². The molecule has 7 heteroatoms. The molecule has 1 aromatic carbocycles. The first-order valence-corrected chi connectivity index (χ1v) is 6.74. The van der Waals surface area contributed by atoms with Gasteiger partial charge in [0.25, 0.3) is 5.91 Å². The first kappa shape index (κ1) is 17.2. The Kier molecular flexibility index (Phi) is 6.57. The van der Waals surface area contributed by atoms with Crippen molar-refractivity contribution in [3.8, 4) is 6.07 Å². The number of carbonyl (C=O) groups excluding carboxylic acids is 3. The van der Waals surface area contributed by atoms with Crippen LogP contribution in [0.1, 0.15) is 23.7 Å². The van der Waals surface area contributed by atoms with E-state index in [0.29, 0.717) is 5.56 Å². The molecule has 7 nitrogen and oxygen atoms in total. The second-order valence-electron chi connectivity index (χ2n) is 4.84. The molecule has 1 rings (SSSR count). The zero-order chi connectivity index (χ0) is 16.5. The van der Waals surface area contributed by atoms with E-state index in [-0.39, 0.29) is 13.0 Å². The van der Waals surface area contributed by atoms with Crippen LogP contribution in [0.4, 0.5) is 0 Å². The van der Waals surface area contributed by atoms with Crippen LogP contribution in [0, 0.1) is 17.2 Å². The van der Waals surface area contributed by atoms with E-state index >= 15 is 0 Å². The van der Waals surface area contributed by atoms with Crippen LogP contribution in [0.5, 0.6) is 0 Å². The molecule has 22 heavy (non-hydrogen) atoms. The molecular weight excluding hydrogens is 284 g/mol. The minimum Gasteiger partial charge on any atom is -0.368 e. The lowest BCUT2D eigenvalue weighted by Gasteiger charge is -2.20. The predicted molar refractivity (Wildman–Crippen MR) is 79.3 cm³/mol. The van der Waals surface area contributed by atoms with Crippen molar-refractivity contribution >= 4 is 17.7 Å². The van der Waals surface area contributed by atoms with Gasteiger partial charge in [-0.3, -0.25) is 14.4 Å². The number of carbonyl (C=O) groups is 3. The second-order valence-corrected chi connectivity index (χ2v) is 4.84. The minimum absolute atomic E-state index is 0.0876. The predicted octanol–water partition coefficient (Wildman–Crippen LogP) is -0.0637. The third-order valence-electron chi connectivity index (χ3n) is 3.05. The van der Waals surface area contributed by atoms with Crippen LogP contribution >= 0.6 is 0 Å². The van der Waals surface area contributed by atoms with Gasteiger partial charge in [-0.25, -0.2) is 0 Å². The Morgan fingerprint density at radius 3 is 2.45 bits per heavy atom. The molecule has 0 saturated carbocycles. The van der Waals surface area contributed by atoms with Crippen molar-refractivity contribution in [3.05, 3.63) is 35.9 Å². The van der Waals surface area contributed by atoms with Crippen LogP contribution in [-0.4, -0.2) is 30.3 Å². The Bertz CT molecular complexity index is 580. The second kappa shape index (κ2) is 8.42. The molecule has 0 aliphatic heterocycles. The highest BCUT2D eigenvalue weighted by atomic mass is 16.2. The normalized spacial score (nSPS) is 12.5. The Labute approximate surface area is 128 Å². The molecule has 0 radical (unpaired) electrons. The standard InChI is InChI=1S/C15H18N4O3/c1-10(7-8-16)13(14(17)21)19-12(20)9-18-15(22)11-5-3-2-4-6-11/h2-6,10,13H,7,9H2,1H3,(H2,17,21)(H,18,22)(H,19,20)/t10-,13+/m1/s1. The fourth-order valence-corrected chi connectivity index (χ4v) is 1.83. The summed E-state index contributed by atoms with van der Waals surface area (Å²) in [4.78, 5) is 34.9. The van der Waals surface area contributed by atoms with Crippen molar-refractivity contribution < 1.29 is 14.4 Å². The number of benzene rings is 1. The van der Waals surface area contributed by atoms with E-state index in [1.54, 1.807) is 37.3 Å². The summed E-state index contributed by atoms with van der Waals surface area (Å²) in [6.45, 7) is 1.36. The number of nitrogens with two attached hydrogens (primary N) is 1. The average molecular weight is 302 g/mol. The third-order valence-corrected chi connectivity index (χ3v) is 3.05. The number of hydrogen-bond donors (Lipinski definition) is 3. The fraction of sp³-hybridized carbons (Fsp3) is 0.333. The third kappa shape index (κ3) is 5.25. The highest BCUT2D eigenvalue weighted by Crippen LogP contribution is 2.07. The zero-order valence-corrected chi connectivity index (χ0v) is 12.2. The molecule has 0 spiro atoms. The van der Waals surface area contributed by atoms with Gasteiger partial charge in [-0.2, -0.15) is 5.26 Å². The van der Waals surface area contributed by atoms with Crippen molar-refractivity contribution in [2.24, 2.45) is 11.7 Å². The van der Waals surface area contributed by atoms with Gasteiger partial charge >= 0.3 is 0 Å². The number of hydrogen-bond acceptors (Lipinski definition) is 4. The zero-order valence-electron chi connectivity index (χ0n) is 12.2. The van der Waals surface area contributed by atoms with Crippen molar-refractivity contribution in [3.63, 3.8) is 0 Å². The Morgan fingerprint density at radius 1 is 1.27 bits per heavy atom. The van der Waals surface area contributed by atoms with Crippen LogP contribution in [0.25, 0.3) is 0 Å². The maximum absolute atomic E-state index is 11.8. The Hall–Kier alpha value is -2.88. The molecule has 0 aliphatic rings. The van der Waals surface area contributed by atoms with Crippen LogP contribution < -0.4 is 16.4 Å². The summed E-state index contributed by atoms with van der Waals surface area (Å²) >= 11 is 0. The van der Waals surface area contributed by atoms with Crippen molar-refractivity contribution in [1.29, 1.82) is 5.26 Å². The van der Waals surface area contributed by atoms with Gasteiger partial charge in [-0.15, -0.1) is 0 Å². The van der Waals surface area contributed by atoms with E-state index in [1.165, 1.54) is 0 Å². The van der Waals surface area contributed by atoms with E-state index in [9.17, 15) is 14.4 Å². The van der Waals surface area contributed by atoms with Gasteiger partial charge in [0.05, 0.1) is 12.6 Å². The molecule has 0 unspecified atom stereocenters. The first-order valence-electron chi connectivity index (χ1n) is 6.74. The topological polar surface area (TPSA) is 125 Å². The van der Waals surface area contributed by atoms with Gasteiger partial charge < -0.3 is 16.4 Å². The number of rotatable bonds is 7. The Balaban J connectivity index is 2.53. The number of primary amides is 1. The summed E-state index contributed by atoms with van der Waals surface area (Å²) in [5.74, 6) is -2.06. The molecule has 2 atom stereocenters. The molecule has 0 aromatic heterocycles. The monoisotopic (exact) mass is 302 g/mol. The van der Waals surface area contributed by atoms with E-state index in [1.807, 2.05) is 6.07 Å². The number of nitrogens with zero attached hydrogens (tertiary/aromatic N) is 1. The number of nitriles is 1. The number of nitrogens with one attached hydrogen (secondary N) is 2. The molecule has 0 heterocycles. The fourth-order valence-electron chi connectivity index (χ4n) is 1.83. The van der Waals surface area contributed by atoms with Crippen LogP contribution in [-0.2, 0) is 9.59 Å². The van der Waals surface area contributed by atoms with Gasteiger partial charge in [0.2, 0.25) is 11.8 Å². The first-order chi connectivity index (χ1) is 10.5. The summed E-state index contributed by atoms with van der Waals surface area (Å²) in [5.41, 5.74) is 5.64. The Morgan fingerprint density at radius 2 is 1.91 bits per heavy atom.